The fraction of sp³-hybridized carbons (Fsp3) is 0.455. The molecule has 1 heterocycles. The minimum Gasteiger partial charge on any atom is -0.307 e. The maximum atomic E-state index is 8.56. The van der Waals surface area contributed by atoms with Crippen molar-refractivity contribution in [2.75, 3.05) is 0 Å². The lowest BCUT2D eigenvalue weighted by molar-refractivity contribution is 0.501. The molecule has 0 saturated heterocycles. The number of aromatic nitrogens is 1. The lowest BCUT2D eigenvalue weighted by Gasteiger charge is -2.12. The van der Waals surface area contributed by atoms with Crippen molar-refractivity contribution < 1.29 is 0 Å². The largest absolute Gasteiger partial charge is 0.307 e. The Labute approximate surface area is 84.8 Å². The van der Waals surface area contributed by atoms with Crippen molar-refractivity contribution in [3.05, 3.63) is 30.1 Å². The number of hydrogen-bond donors (Lipinski definition) is 1. The topological polar surface area (TPSA) is 48.7 Å². The van der Waals surface area contributed by atoms with Gasteiger partial charge in [0.05, 0.1) is 18.2 Å². The van der Waals surface area contributed by atoms with Crippen LogP contribution in [0.5, 0.6) is 0 Å². The van der Waals surface area contributed by atoms with E-state index in [4.69, 9.17) is 5.26 Å². The van der Waals surface area contributed by atoms with Crippen LogP contribution in [0.4, 0.5) is 0 Å². The monoisotopic (exact) mass is 189 g/mol. The number of hydrogen-bond acceptors (Lipinski definition) is 3. The first kappa shape index (κ1) is 10.7. The van der Waals surface area contributed by atoms with Gasteiger partial charge in [-0.25, -0.2) is 0 Å². The van der Waals surface area contributed by atoms with Crippen LogP contribution >= 0.6 is 0 Å². The second-order valence-corrected chi connectivity index (χ2v) is 3.17. The van der Waals surface area contributed by atoms with Gasteiger partial charge in [0.25, 0.3) is 0 Å². The van der Waals surface area contributed by atoms with Gasteiger partial charge in [0.15, 0.2) is 0 Å². The first-order chi connectivity index (χ1) is 6.86. The molecule has 0 fully saturated rings. The lowest BCUT2D eigenvalue weighted by atomic mass is 10.1. The molecule has 0 saturated carbocycles. The van der Waals surface area contributed by atoms with Crippen LogP contribution in [0.2, 0.25) is 0 Å². The van der Waals surface area contributed by atoms with E-state index in [0.717, 1.165) is 18.7 Å². The van der Waals surface area contributed by atoms with E-state index < -0.39 is 0 Å². The van der Waals surface area contributed by atoms with Crippen LogP contribution in [0.1, 0.15) is 25.5 Å². The quantitative estimate of drug-likeness (QED) is 0.769. The van der Waals surface area contributed by atoms with Crippen molar-refractivity contribution in [2.45, 2.75) is 32.4 Å². The van der Waals surface area contributed by atoms with Gasteiger partial charge in [-0.15, -0.1) is 0 Å². The van der Waals surface area contributed by atoms with E-state index in [1.807, 2.05) is 18.2 Å². The molecule has 1 aromatic rings. The third-order valence-corrected chi connectivity index (χ3v) is 2.13. The fourth-order valence-corrected chi connectivity index (χ4v) is 1.22. The maximum absolute atomic E-state index is 8.56. The average molecular weight is 189 g/mol. The standard InChI is InChI=1S/C11H15N3/c1-2-10(6-7-12)14-9-11-5-3-4-8-13-11/h3-5,8,10,14H,2,6,9H2,1H3. The van der Waals surface area contributed by atoms with Crippen LogP contribution in [-0.2, 0) is 6.54 Å². The Balaban J connectivity index is 2.36. The molecule has 1 rings (SSSR count). The molecule has 3 nitrogen and oxygen atoms in total. The van der Waals surface area contributed by atoms with Crippen LogP contribution < -0.4 is 5.32 Å². The number of pyridine rings is 1. The van der Waals surface area contributed by atoms with Crippen molar-refractivity contribution in [3.8, 4) is 6.07 Å². The summed E-state index contributed by atoms with van der Waals surface area (Å²) in [6, 6.07) is 8.30. The smallest absolute Gasteiger partial charge is 0.0638 e. The molecule has 14 heavy (non-hydrogen) atoms. The Morgan fingerprint density at radius 2 is 2.43 bits per heavy atom. The molecule has 0 aliphatic heterocycles. The van der Waals surface area contributed by atoms with Gasteiger partial charge in [-0.05, 0) is 18.6 Å². The highest BCUT2D eigenvalue weighted by atomic mass is 14.9. The summed E-state index contributed by atoms with van der Waals surface area (Å²) in [7, 11) is 0. The summed E-state index contributed by atoms with van der Waals surface area (Å²) in [5.41, 5.74) is 1.02. The van der Waals surface area contributed by atoms with E-state index in [0.29, 0.717) is 6.42 Å². The van der Waals surface area contributed by atoms with Crippen molar-refractivity contribution in [1.29, 1.82) is 5.26 Å². The predicted octanol–water partition coefficient (Wildman–Crippen LogP) is 1.86. The molecule has 1 unspecified atom stereocenters. The van der Waals surface area contributed by atoms with Gasteiger partial charge in [0.1, 0.15) is 0 Å². The Hall–Kier alpha value is -1.40. The second kappa shape index (κ2) is 6.11. The number of nitrogens with zero attached hydrogens (tertiary/aromatic N) is 2. The summed E-state index contributed by atoms with van der Waals surface area (Å²) in [4.78, 5) is 4.20. The molecule has 1 atom stereocenters. The van der Waals surface area contributed by atoms with E-state index in [2.05, 4.69) is 23.3 Å². The predicted molar refractivity (Wildman–Crippen MR) is 55.4 cm³/mol. The van der Waals surface area contributed by atoms with Gasteiger partial charge < -0.3 is 5.32 Å². The first-order valence-electron chi connectivity index (χ1n) is 4.87. The molecule has 0 aliphatic rings. The van der Waals surface area contributed by atoms with Crippen molar-refractivity contribution >= 4 is 0 Å². The molecule has 0 amide bonds. The molecule has 0 aromatic carbocycles. The Kier molecular flexibility index (Phi) is 4.66. The van der Waals surface area contributed by atoms with E-state index in [1.165, 1.54) is 0 Å². The summed E-state index contributed by atoms with van der Waals surface area (Å²) in [6.07, 6.45) is 3.31. The Bertz CT molecular complexity index is 289. The van der Waals surface area contributed by atoms with Gasteiger partial charge in [0.2, 0.25) is 0 Å². The highest BCUT2D eigenvalue weighted by molar-refractivity contribution is 5.03. The Morgan fingerprint density at radius 1 is 1.57 bits per heavy atom. The Morgan fingerprint density at radius 3 is 3.00 bits per heavy atom. The molecule has 1 aromatic heterocycles. The third-order valence-electron chi connectivity index (χ3n) is 2.13. The lowest BCUT2D eigenvalue weighted by Crippen LogP contribution is -2.27. The van der Waals surface area contributed by atoms with Crippen LogP contribution in [0.3, 0.4) is 0 Å². The summed E-state index contributed by atoms with van der Waals surface area (Å²) in [5, 5.41) is 11.9. The minimum absolute atomic E-state index is 0.280. The van der Waals surface area contributed by atoms with E-state index in [-0.39, 0.29) is 6.04 Å². The van der Waals surface area contributed by atoms with Crippen LogP contribution in [-0.4, -0.2) is 11.0 Å². The number of nitrogens with one attached hydrogen (secondary N) is 1. The van der Waals surface area contributed by atoms with Gasteiger partial charge >= 0.3 is 0 Å². The molecule has 0 bridgehead atoms. The zero-order valence-electron chi connectivity index (χ0n) is 8.40. The third kappa shape index (κ3) is 3.55. The SMILES string of the molecule is CCC(CC#N)NCc1ccccn1. The van der Waals surface area contributed by atoms with E-state index in [9.17, 15) is 0 Å². The molecular formula is C11H15N3. The van der Waals surface area contributed by atoms with E-state index in [1.54, 1.807) is 6.20 Å². The highest BCUT2D eigenvalue weighted by Crippen LogP contribution is 1.99. The molecule has 0 radical (unpaired) electrons. The summed E-state index contributed by atoms with van der Waals surface area (Å²) >= 11 is 0. The van der Waals surface area contributed by atoms with Crippen LogP contribution in [0.25, 0.3) is 0 Å². The van der Waals surface area contributed by atoms with E-state index >= 15 is 0 Å². The first-order valence-corrected chi connectivity index (χ1v) is 4.87. The number of nitriles is 1. The molecule has 0 spiro atoms. The van der Waals surface area contributed by atoms with Crippen LogP contribution in [0.15, 0.2) is 24.4 Å². The van der Waals surface area contributed by atoms with Gasteiger partial charge in [-0.1, -0.05) is 13.0 Å². The number of rotatable bonds is 5. The molecule has 74 valence electrons. The average Bonchev–Trinajstić information content (AvgIpc) is 2.25. The highest BCUT2D eigenvalue weighted by Gasteiger charge is 2.04. The normalized spacial score (nSPS) is 12.0. The molecule has 0 aliphatic carbocycles. The van der Waals surface area contributed by atoms with Gasteiger partial charge in [-0.3, -0.25) is 4.98 Å². The molecular weight excluding hydrogens is 174 g/mol. The fourth-order valence-electron chi connectivity index (χ4n) is 1.22. The van der Waals surface area contributed by atoms with Crippen molar-refractivity contribution in [1.82, 2.24) is 10.3 Å². The summed E-state index contributed by atoms with van der Waals surface area (Å²) in [6.45, 7) is 2.81. The summed E-state index contributed by atoms with van der Waals surface area (Å²) < 4.78 is 0. The zero-order valence-corrected chi connectivity index (χ0v) is 8.40. The minimum atomic E-state index is 0.280. The zero-order chi connectivity index (χ0) is 10.2. The summed E-state index contributed by atoms with van der Waals surface area (Å²) in [5.74, 6) is 0. The molecule has 3 heteroatoms. The second-order valence-electron chi connectivity index (χ2n) is 3.17. The van der Waals surface area contributed by atoms with Crippen molar-refractivity contribution in [3.63, 3.8) is 0 Å². The van der Waals surface area contributed by atoms with Gasteiger partial charge in [0, 0.05) is 18.8 Å². The maximum Gasteiger partial charge on any atom is 0.0638 e. The van der Waals surface area contributed by atoms with Crippen LogP contribution in [0, 0.1) is 11.3 Å². The van der Waals surface area contributed by atoms with Crippen molar-refractivity contribution in [2.24, 2.45) is 0 Å². The van der Waals surface area contributed by atoms with Gasteiger partial charge in [-0.2, -0.15) is 5.26 Å². The molecule has 1 N–H and O–H groups in total.